The van der Waals surface area contributed by atoms with E-state index in [-0.39, 0.29) is 5.41 Å². The van der Waals surface area contributed by atoms with Gasteiger partial charge in [0.2, 0.25) is 0 Å². The Balaban J connectivity index is 1.24. The van der Waals surface area contributed by atoms with Crippen molar-refractivity contribution in [2.75, 3.05) is 4.90 Å². The molecule has 0 saturated heterocycles. The molecular formula is C56H41N. The highest BCUT2D eigenvalue weighted by Gasteiger charge is 2.42. The van der Waals surface area contributed by atoms with Crippen molar-refractivity contribution in [1.82, 2.24) is 0 Å². The maximum absolute atomic E-state index is 2.51. The van der Waals surface area contributed by atoms with E-state index in [0.29, 0.717) is 0 Å². The number of hydrogen-bond donors (Lipinski definition) is 0. The molecule has 0 amide bonds. The minimum Gasteiger partial charge on any atom is -0.309 e. The topological polar surface area (TPSA) is 3.24 Å². The van der Waals surface area contributed by atoms with Crippen molar-refractivity contribution in [1.29, 1.82) is 0 Å². The number of anilines is 3. The Morgan fingerprint density at radius 2 is 0.772 bits per heavy atom. The lowest BCUT2D eigenvalue weighted by Crippen LogP contribution is -2.22. The van der Waals surface area contributed by atoms with E-state index in [4.69, 9.17) is 0 Å². The highest BCUT2D eigenvalue weighted by Crippen LogP contribution is 2.57. The molecule has 0 saturated carbocycles. The van der Waals surface area contributed by atoms with Gasteiger partial charge < -0.3 is 4.90 Å². The van der Waals surface area contributed by atoms with Gasteiger partial charge in [0.1, 0.15) is 0 Å². The van der Waals surface area contributed by atoms with Gasteiger partial charge in [-0.25, -0.2) is 0 Å². The number of hydrogen-bond acceptors (Lipinski definition) is 1. The third-order valence-electron chi connectivity index (χ3n) is 11.8. The third kappa shape index (κ3) is 5.88. The SMILES string of the molecule is CC1(c2ccccc2)c2ccccc2-c2c(N(c3cccc(-c4ccccc4)c3)c3ccccc3-c3ccccc3-c3ccccc3-c3ccccc3)cccc21. The number of fused-ring (bicyclic) bond motifs is 3. The molecule has 0 spiro atoms. The second-order valence-electron chi connectivity index (χ2n) is 15.0. The molecule has 270 valence electrons. The lowest BCUT2D eigenvalue weighted by atomic mass is 9.74. The normalized spacial score (nSPS) is 14.1. The molecule has 1 unspecified atom stereocenters. The lowest BCUT2D eigenvalue weighted by Gasteiger charge is -2.32. The summed E-state index contributed by atoms with van der Waals surface area (Å²) in [5, 5.41) is 0. The summed E-state index contributed by atoms with van der Waals surface area (Å²) >= 11 is 0. The van der Waals surface area contributed by atoms with Crippen molar-refractivity contribution in [3.05, 3.63) is 247 Å². The Labute approximate surface area is 335 Å². The number of para-hydroxylation sites is 1. The Hall–Kier alpha value is -7.22. The fourth-order valence-corrected chi connectivity index (χ4v) is 9.09. The van der Waals surface area contributed by atoms with Crippen molar-refractivity contribution in [2.45, 2.75) is 12.3 Å². The van der Waals surface area contributed by atoms with E-state index in [1.807, 2.05) is 0 Å². The van der Waals surface area contributed by atoms with E-state index in [9.17, 15) is 0 Å². The maximum atomic E-state index is 2.51. The predicted octanol–water partition coefficient (Wildman–Crippen LogP) is 15.2. The first-order valence-electron chi connectivity index (χ1n) is 19.8. The molecular weight excluding hydrogens is 687 g/mol. The molecule has 1 aliphatic rings. The number of nitrogens with zero attached hydrogens (tertiary/aromatic N) is 1. The largest absolute Gasteiger partial charge is 0.309 e. The van der Waals surface area contributed by atoms with Gasteiger partial charge in [0.15, 0.2) is 0 Å². The monoisotopic (exact) mass is 727 g/mol. The second-order valence-corrected chi connectivity index (χ2v) is 15.0. The van der Waals surface area contributed by atoms with Gasteiger partial charge >= 0.3 is 0 Å². The standard InChI is InChI=1S/C56H41N/c1-56(43-26-9-4-10-27-43)51-35-17-15-34-50(51)55-52(56)36-20-38-54(55)57(44-28-19-25-42(39-44)40-21-5-2-6-22-40)53-37-18-16-33-49(53)48-32-14-13-31-47(48)46-30-12-11-29-45(46)41-23-7-3-8-24-41/h2-39H,1H3. The zero-order chi connectivity index (χ0) is 38.2. The Morgan fingerprint density at radius 3 is 1.47 bits per heavy atom. The van der Waals surface area contributed by atoms with Crippen molar-refractivity contribution in [3.63, 3.8) is 0 Å². The van der Waals surface area contributed by atoms with Crippen LogP contribution >= 0.6 is 0 Å². The first-order chi connectivity index (χ1) is 28.2. The van der Waals surface area contributed by atoms with Crippen LogP contribution in [0.3, 0.4) is 0 Å². The molecule has 57 heavy (non-hydrogen) atoms. The Bertz CT molecular complexity index is 2860. The summed E-state index contributed by atoms with van der Waals surface area (Å²) in [6.45, 7) is 2.39. The van der Waals surface area contributed by atoms with Crippen LogP contribution in [0.25, 0.3) is 55.6 Å². The molecule has 1 nitrogen and oxygen atoms in total. The average molecular weight is 728 g/mol. The van der Waals surface area contributed by atoms with Crippen LogP contribution in [0, 0.1) is 0 Å². The molecule has 1 heteroatoms. The van der Waals surface area contributed by atoms with E-state index in [0.717, 1.165) is 22.6 Å². The molecule has 10 rings (SSSR count). The summed E-state index contributed by atoms with van der Waals surface area (Å²) in [5.41, 5.74) is 19.0. The molecule has 0 bridgehead atoms. The molecule has 0 N–H and O–H groups in total. The van der Waals surface area contributed by atoms with Crippen LogP contribution in [-0.2, 0) is 5.41 Å². The van der Waals surface area contributed by atoms with E-state index in [1.165, 1.54) is 66.8 Å². The Morgan fingerprint density at radius 1 is 0.316 bits per heavy atom. The van der Waals surface area contributed by atoms with Gasteiger partial charge in [0.05, 0.1) is 11.4 Å². The number of benzene rings is 9. The van der Waals surface area contributed by atoms with Gasteiger partial charge in [-0.05, 0) is 92.4 Å². The molecule has 0 radical (unpaired) electrons. The van der Waals surface area contributed by atoms with Crippen LogP contribution in [0.15, 0.2) is 231 Å². The quantitative estimate of drug-likeness (QED) is 0.151. The van der Waals surface area contributed by atoms with Crippen LogP contribution in [0.1, 0.15) is 23.6 Å². The molecule has 1 atom stereocenters. The summed E-state index contributed by atoms with van der Waals surface area (Å²) in [6, 6.07) is 84.0. The number of rotatable bonds is 8. The van der Waals surface area contributed by atoms with E-state index in [2.05, 4.69) is 242 Å². The van der Waals surface area contributed by atoms with Crippen molar-refractivity contribution in [3.8, 4) is 55.6 Å². The van der Waals surface area contributed by atoms with E-state index < -0.39 is 0 Å². The fourth-order valence-electron chi connectivity index (χ4n) is 9.09. The van der Waals surface area contributed by atoms with Crippen LogP contribution in [-0.4, -0.2) is 0 Å². The predicted molar refractivity (Wildman–Crippen MR) is 240 cm³/mol. The summed E-state index contributed by atoms with van der Waals surface area (Å²) in [6.07, 6.45) is 0. The average Bonchev–Trinajstić information content (AvgIpc) is 3.57. The molecule has 0 fully saturated rings. The first-order valence-corrected chi connectivity index (χ1v) is 19.8. The molecule has 1 aliphatic carbocycles. The molecule has 0 aliphatic heterocycles. The van der Waals surface area contributed by atoms with Crippen LogP contribution in [0.4, 0.5) is 17.1 Å². The molecule has 0 heterocycles. The van der Waals surface area contributed by atoms with Crippen molar-refractivity contribution >= 4 is 17.1 Å². The lowest BCUT2D eigenvalue weighted by molar-refractivity contribution is 0.714. The van der Waals surface area contributed by atoms with Gasteiger partial charge in [-0.15, -0.1) is 0 Å². The van der Waals surface area contributed by atoms with E-state index >= 15 is 0 Å². The minimum absolute atomic E-state index is 0.325. The molecule has 9 aromatic rings. The zero-order valence-electron chi connectivity index (χ0n) is 31.9. The highest BCUT2D eigenvalue weighted by molar-refractivity contribution is 6.01. The summed E-state index contributed by atoms with van der Waals surface area (Å²) < 4.78 is 0. The minimum atomic E-state index is -0.325. The summed E-state index contributed by atoms with van der Waals surface area (Å²) in [4.78, 5) is 2.51. The maximum Gasteiger partial charge on any atom is 0.0543 e. The first kappa shape index (κ1) is 34.3. The van der Waals surface area contributed by atoms with Gasteiger partial charge in [-0.3, -0.25) is 0 Å². The fraction of sp³-hybridized carbons (Fsp3) is 0.0357. The van der Waals surface area contributed by atoms with Gasteiger partial charge in [-0.1, -0.05) is 206 Å². The summed E-state index contributed by atoms with van der Waals surface area (Å²) in [5.74, 6) is 0. The van der Waals surface area contributed by atoms with Crippen molar-refractivity contribution < 1.29 is 0 Å². The third-order valence-corrected chi connectivity index (χ3v) is 11.8. The van der Waals surface area contributed by atoms with Gasteiger partial charge in [0.25, 0.3) is 0 Å². The highest BCUT2D eigenvalue weighted by atomic mass is 15.1. The van der Waals surface area contributed by atoms with Crippen molar-refractivity contribution in [2.24, 2.45) is 0 Å². The molecule has 0 aromatic heterocycles. The van der Waals surface area contributed by atoms with Crippen LogP contribution < -0.4 is 4.90 Å². The zero-order valence-corrected chi connectivity index (χ0v) is 31.9. The molecule has 9 aromatic carbocycles. The smallest absolute Gasteiger partial charge is 0.0543 e. The van der Waals surface area contributed by atoms with Crippen LogP contribution in [0.2, 0.25) is 0 Å². The van der Waals surface area contributed by atoms with E-state index in [1.54, 1.807) is 0 Å². The summed E-state index contributed by atoms with van der Waals surface area (Å²) in [7, 11) is 0. The van der Waals surface area contributed by atoms with Gasteiger partial charge in [-0.2, -0.15) is 0 Å². The second kappa shape index (κ2) is 14.5. The Kier molecular flexibility index (Phi) is 8.69. The van der Waals surface area contributed by atoms with Crippen LogP contribution in [0.5, 0.6) is 0 Å². The van der Waals surface area contributed by atoms with Gasteiger partial charge in [0, 0.05) is 22.2 Å².